The number of ether oxygens (including phenoxy) is 2. The molecular weight excluding hydrogens is 390 g/mol. The van der Waals surface area contributed by atoms with Gasteiger partial charge in [-0.3, -0.25) is 4.79 Å². The summed E-state index contributed by atoms with van der Waals surface area (Å²) in [4.78, 5) is 31.1. The lowest BCUT2D eigenvalue weighted by Crippen LogP contribution is -2.65. The predicted octanol–water partition coefficient (Wildman–Crippen LogP) is 3.33. The van der Waals surface area contributed by atoms with E-state index in [1.54, 1.807) is 16.2 Å². The fraction of sp³-hybridized carbons (Fsp3) is 0.571. The van der Waals surface area contributed by atoms with Crippen LogP contribution in [0.4, 0.5) is 4.79 Å². The number of nitrogens with zero attached hydrogens (tertiary/aromatic N) is 2. The van der Waals surface area contributed by atoms with Crippen LogP contribution >= 0.6 is 11.3 Å². The van der Waals surface area contributed by atoms with E-state index < -0.39 is 0 Å². The smallest absolute Gasteiger partial charge is 0.318 e. The molecule has 2 bridgehead atoms. The molecule has 4 fully saturated rings. The van der Waals surface area contributed by atoms with Gasteiger partial charge < -0.3 is 19.7 Å². The number of hydrogen-bond donors (Lipinski definition) is 1. The quantitative estimate of drug-likeness (QED) is 0.775. The number of carbonyl (C=O) groups excluding carboxylic acids is 2. The molecule has 0 unspecified atom stereocenters. The molecule has 0 spiro atoms. The van der Waals surface area contributed by atoms with Gasteiger partial charge in [0.05, 0.1) is 35.8 Å². The summed E-state index contributed by atoms with van der Waals surface area (Å²) in [6.07, 6.45) is 4.90. The molecular formula is C21H25N3O4S. The topological polar surface area (TPSA) is 80.8 Å². The zero-order valence-electron chi connectivity index (χ0n) is 16.5. The molecule has 29 heavy (non-hydrogen) atoms. The lowest BCUT2D eigenvalue weighted by molar-refractivity contribution is -0.160. The summed E-state index contributed by atoms with van der Waals surface area (Å²) in [5.41, 5.74) is 2.21. The average Bonchev–Trinajstić information content (AvgIpc) is 3.20. The molecule has 1 aliphatic heterocycles. The molecule has 1 saturated heterocycles. The minimum atomic E-state index is -0.326. The molecule has 2 heterocycles. The third-order valence-electron chi connectivity index (χ3n) is 6.99. The van der Waals surface area contributed by atoms with Crippen molar-refractivity contribution in [3.8, 4) is 5.75 Å². The second kappa shape index (κ2) is 6.86. The lowest BCUT2D eigenvalue weighted by atomic mass is 9.57. The van der Waals surface area contributed by atoms with Crippen molar-refractivity contribution in [3.63, 3.8) is 0 Å². The summed E-state index contributed by atoms with van der Waals surface area (Å²) < 4.78 is 12.2. The van der Waals surface area contributed by atoms with Gasteiger partial charge in [0, 0.05) is 5.54 Å². The van der Waals surface area contributed by atoms with Crippen LogP contribution in [0.2, 0.25) is 0 Å². The highest BCUT2D eigenvalue weighted by atomic mass is 32.1. The number of nitrogens with one attached hydrogen (secondary N) is 1. The van der Waals surface area contributed by atoms with E-state index >= 15 is 0 Å². The molecule has 1 aromatic carbocycles. The summed E-state index contributed by atoms with van der Waals surface area (Å²) in [7, 11) is 1.46. The molecule has 1 N–H and O–H groups in total. The normalized spacial score (nSPS) is 28.8. The molecule has 154 valence electrons. The number of likely N-dealkylation sites (tertiary alicyclic amines) is 1. The Balaban J connectivity index is 1.15. The second-order valence-corrected chi connectivity index (χ2v) is 9.47. The highest BCUT2D eigenvalue weighted by Gasteiger charge is 2.54. The Hall–Kier alpha value is -2.35. The number of methoxy groups -OCH3 is 1. The zero-order chi connectivity index (χ0) is 20.1. The van der Waals surface area contributed by atoms with Crippen LogP contribution < -0.4 is 10.1 Å². The van der Waals surface area contributed by atoms with Crippen LogP contribution in [0, 0.1) is 5.41 Å². The van der Waals surface area contributed by atoms with Crippen molar-refractivity contribution in [2.24, 2.45) is 5.41 Å². The maximum absolute atomic E-state index is 12.8. The van der Waals surface area contributed by atoms with Gasteiger partial charge in [0.25, 0.3) is 0 Å². The fourth-order valence-corrected chi connectivity index (χ4v) is 5.71. The Labute approximate surface area is 173 Å². The number of amides is 2. The maximum atomic E-state index is 12.8. The standard InChI is InChI=1S/C21H25N3O4S/c1-27-18(25)20-5-8-21(9-6-20,10-7-20)23-19(26)24-11-14(12-24)28-15-3-2-4-16-17(15)22-13-29-16/h2-4,13-14H,5-12H2,1H3,(H,23,26). The first-order chi connectivity index (χ1) is 14.0. The van der Waals surface area contributed by atoms with Crippen LogP contribution in [0.1, 0.15) is 38.5 Å². The van der Waals surface area contributed by atoms with Crippen LogP contribution in [-0.4, -0.2) is 53.7 Å². The van der Waals surface area contributed by atoms with E-state index in [0.29, 0.717) is 13.1 Å². The lowest BCUT2D eigenvalue weighted by Gasteiger charge is -2.52. The van der Waals surface area contributed by atoms with Crippen molar-refractivity contribution in [2.45, 2.75) is 50.2 Å². The highest BCUT2D eigenvalue weighted by molar-refractivity contribution is 7.16. The Morgan fingerprint density at radius 1 is 1.17 bits per heavy atom. The number of para-hydroxylation sites is 1. The van der Waals surface area contributed by atoms with Crippen molar-refractivity contribution in [1.82, 2.24) is 15.2 Å². The van der Waals surface area contributed by atoms with E-state index in [1.165, 1.54) is 7.11 Å². The van der Waals surface area contributed by atoms with Crippen LogP contribution in [0.15, 0.2) is 23.7 Å². The number of esters is 1. The van der Waals surface area contributed by atoms with Crippen LogP contribution in [0.25, 0.3) is 10.2 Å². The van der Waals surface area contributed by atoms with Gasteiger partial charge in [0.1, 0.15) is 17.4 Å². The van der Waals surface area contributed by atoms with Crippen LogP contribution in [0.3, 0.4) is 0 Å². The molecule has 7 nitrogen and oxygen atoms in total. The summed E-state index contributed by atoms with van der Waals surface area (Å²) in [5.74, 6) is 0.695. The van der Waals surface area contributed by atoms with Gasteiger partial charge in [0.2, 0.25) is 0 Å². The number of fused-ring (bicyclic) bond motifs is 4. The van der Waals surface area contributed by atoms with Crippen molar-refractivity contribution in [2.75, 3.05) is 20.2 Å². The highest BCUT2D eigenvalue weighted by Crippen LogP contribution is 2.53. The third kappa shape index (κ3) is 3.13. The van der Waals surface area contributed by atoms with Crippen molar-refractivity contribution in [1.29, 1.82) is 0 Å². The largest absolute Gasteiger partial charge is 0.484 e. The monoisotopic (exact) mass is 415 g/mol. The number of benzene rings is 1. The van der Waals surface area contributed by atoms with E-state index in [4.69, 9.17) is 9.47 Å². The zero-order valence-corrected chi connectivity index (χ0v) is 17.3. The number of hydrogen-bond acceptors (Lipinski definition) is 6. The Bertz CT molecular complexity index is 928. The van der Waals surface area contributed by atoms with Crippen molar-refractivity contribution >= 4 is 33.6 Å². The number of aromatic nitrogens is 1. The first-order valence-corrected chi connectivity index (χ1v) is 11.0. The van der Waals surface area contributed by atoms with E-state index in [0.717, 1.165) is 54.5 Å². The Kier molecular flexibility index (Phi) is 4.42. The molecule has 3 saturated carbocycles. The molecule has 0 atom stereocenters. The molecule has 4 aliphatic rings. The van der Waals surface area contributed by atoms with Crippen LogP contribution in [-0.2, 0) is 9.53 Å². The van der Waals surface area contributed by atoms with Gasteiger partial charge in [0.15, 0.2) is 0 Å². The molecule has 8 heteroatoms. The van der Waals surface area contributed by atoms with E-state index in [9.17, 15) is 9.59 Å². The molecule has 2 amide bonds. The van der Waals surface area contributed by atoms with Gasteiger partial charge >= 0.3 is 12.0 Å². The van der Waals surface area contributed by atoms with E-state index in [-0.39, 0.29) is 29.1 Å². The van der Waals surface area contributed by atoms with Gasteiger partial charge in [-0.1, -0.05) is 6.07 Å². The molecule has 6 rings (SSSR count). The minimum Gasteiger partial charge on any atom is -0.484 e. The molecule has 2 aromatic rings. The fourth-order valence-electron chi connectivity index (χ4n) is 5.02. The third-order valence-corrected chi connectivity index (χ3v) is 7.78. The van der Waals surface area contributed by atoms with E-state index in [1.807, 2.05) is 23.7 Å². The summed E-state index contributed by atoms with van der Waals surface area (Å²) in [5, 5.41) is 3.27. The second-order valence-electron chi connectivity index (χ2n) is 8.58. The average molecular weight is 416 g/mol. The summed E-state index contributed by atoms with van der Waals surface area (Å²) in [6.45, 7) is 1.16. The first-order valence-electron chi connectivity index (χ1n) is 10.2. The number of urea groups is 1. The van der Waals surface area contributed by atoms with E-state index in [2.05, 4.69) is 10.3 Å². The predicted molar refractivity (Wildman–Crippen MR) is 109 cm³/mol. The maximum Gasteiger partial charge on any atom is 0.318 e. The van der Waals surface area contributed by atoms with Crippen LogP contribution in [0.5, 0.6) is 5.75 Å². The van der Waals surface area contributed by atoms with Gasteiger partial charge in [-0.2, -0.15) is 0 Å². The molecule has 1 aromatic heterocycles. The Morgan fingerprint density at radius 2 is 1.90 bits per heavy atom. The van der Waals surface area contributed by atoms with Gasteiger partial charge in [-0.05, 0) is 50.7 Å². The number of carbonyl (C=O) groups is 2. The van der Waals surface area contributed by atoms with Gasteiger partial charge in [-0.15, -0.1) is 11.3 Å². The number of thiazole rings is 1. The van der Waals surface area contributed by atoms with Crippen molar-refractivity contribution < 1.29 is 19.1 Å². The summed E-state index contributed by atoms with van der Waals surface area (Å²) in [6, 6.07) is 5.91. The first kappa shape index (κ1) is 18.7. The van der Waals surface area contributed by atoms with Gasteiger partial charge in [-0.25, -0.2) is 9.78 Å². The van der Waals surface area contributed by atoms with Crippen molar-refractivity contribution in [3.05, 3.63) is 23.7 Å². The molecule has 0 radical (unpaired) electrons. The number of rotatable bonds is 4. The molecule has 3 aliphatic carbocycles. The Morgan fingerprint density at radius 3 is 2.59 bits per heavy atom. The minimum absolute atomic E-state index is 0.00441. The summed E-state index contributed by atoms with van der Waals surface area (Å²) >= 11 is 1.59. The SMILES string of the molecule is COC(=O)C12CCC(NC(=O)N3CC(Oc4cccc5scnc45)C3)(CC1)CC2.